The summed E-state index contributed by atoms with van der Waals surface area (Å²) in [5.41, 5.74) is 0.0452. The fraction of sp³-hybridized carbons (Fsp3) is 0.462. The molecule has 6 heteroatoms. The smallest absolute Gasteiger partial charge is 0.304 e. The molecule has 2 N–H and O–H groups in total. The molecule has 0 unspecified atom stereocenters. The highest BCUT2D eigenvalue weighted by Crippen LogP contribution is 2.60. The number of phenolic OH excluding ortho intramolecular Hbond substituents is 1. The summed E-state index contributed by atoms with van der Waals surface area (Å²) in [6.07, 6.45) is 1.46. The van der Waals surface area contributed by atoms with Gasteiger partial charge in [-0.1, -0.05) is 0 Å². The van der Waals surface area contributed by atoms with Crippen LogP contribution in [0.1, 0.15) is 24.8 Å². The molecule has 0 aromatic heterocycles. The second-order valence-electron chi connectivity index (χ2n) is 4.96. The minimum absolute atomic E-state index is 0.00713. The summed E-state index contributed by atoms with van der Waals surface area (Å²) in [6, 6.07) is 1.66. The highest BCUT2D eigenvalue weighted by atomic mass is 79.9. The lowest BCUT2D eigenvalue weighted by molar-refractivity contribution is -0.137. The van der Waals surface area contributed by atoms with Crippen LogP contribution in [0.25, 0.3) is 0 Å². The number of benzene rings is 1. The summed E-state index contributed by atoms with van der Waals surface area (Å²) < 4.78 is 11.6. The second kappa shape index (κ2) is 4.30. The number of aromatic hydroxyl groups is 1. The van der Waals surface area contributed by atoms with Crippen molar-refractivity contribution < 1.29 is 24.5 Å². The Bertz CT molecular complexity index is 550. The van der Waals surface area contributed by atoms with Crippen LogP contribution in [0.3, 0.4) is 0 Å². The van der Waals surface area contributed by atoms with Crippen LogP contribution < -0.4 is 9.47 Å². The highest BCUT2D eigenvalue weighted by Gasteiger charge is 2.51. The monoisotopic (exact) mass is 328 g/mol. The summed E-state index contributed by atoms with van der Waals surface area (Å²) in [6.45, 7) is 0.861. The van der Waals surface area contributed by atoms with E-state index >= 15 is 0 Å². The van der Waals surface area contributed by atoms with E-state index in [9.17, 15) is 9.90 Å². The fourth-order valence-electron chi connectivity index (χ4n) is 2.59. The van der Waals surface area contributed by atoms with Crippen molar-refractivity contribution >= 4 is 21.9 Å². The Hall–Kier alpha value is -1.43. The fourth-order valence-corrected chi connectivity index (χ4v) is 3.00. The molecule has 3 rings (SSSR count). The van der Waals surface area contributed by atoms with Gasteiger partial charge in [0.1, 0.15) is 19.0 Å². The Morgan fingerprint density at radius 3 is 2.68 bits per heavy atom. The molecule has 1 aromatic carbocycles. The molecule has 1 heterocycles. The summed E-state index contributed by atoms with van der Waals surface area (Å²) in [7, 11) is 0. The van der Waals surface area contributed by atoms with Crippen molar-refractivity contribution in [1.82, 2.24) is 0 Å². The zero-order valence-electron chi connectivity index (χ0n) is 10.1. The molecule has 1 aliphatic carbocycles. The van der Waals surface area contributed by atoms with Gasteiger partial charge in [0.15, 0.2) is 11.5 Å². The number of hydrogen-bond donors (Lipinski definition) is 2. The van der Waals surface area contributed by atoms with Gasteiger partial charge in [-0.3, -0.25) is 4.79 Å². The van der Waals surface area contributed by atoms with Crippen molar-refractivity contribution in [3.63, 3.8) is 0 Å². The third-order valence-corrected chi connectivity index (χ3v) is 4.24. The van der Waals surface area contributed by atoms with Crippen LogP contribution >= 0.6 is 15.9 Å². The molecule has 0 spiro atoms. The molecule has 0 bridgehead atoms. The maximum absolute atomic E-state index is 11.0. The van der Waals surface area contributed by atoms with E-state index < -0.39 is 11.4 Å². The van der Waals surface area contributed by atoms with Crippen LogP contribution in [0.15, 0.2) is 10.5 Å². The summed E-state index contributed by atoms with van der Waals surface area (Å²) >= 11 is 3.28. The first kappa shape index (κ1) is 12.6. The van der Waals surface area contributed by atoms with Gasteiger partial charge in [0, 0.05) is 17.0 Å². The van der Waals surface area contributed by atoms with Gasteiger partial charge in [0.05, 0.1) is 10.9 Å². The van der Waals surface area contributed by atoms with Gasteiger partial charge in [-0.2, -0.15) is 0 Å². The molecule has 0 atom stereocenters. The Morgan fingerprint density at radius 2 is 2.05 bits per heavy atom. The van der Waals surface area contributed by atoms with E-state index in [-0.39, 0.29) is 12.2 Å². The lowest BCUT2D eigenvalue weighted by Gasteiger charge is -2.26. The minimum Gasteiger partial charge on any atom is -0.506 e. The Morgan fingerprint density at radius 1 is 1.37 bits per heavy atom. The Balaban J connectivity index is 2.14. The van der Waals surface area contributed by atoms with Crippen molar-refractivity contribution in [2.24, 2.45) is 0 Å². The first-order valence-corrected chi connectivity index (χ1v) is 6.86. The normalized spacial score (nSPS) is 19.0. The molecule has 5 nitrogen and oxygen atoms in total. The van der Waals surface area contributed by atoms with E-state index in [0.717, 1.165) is 12.8 Å². The summed E-state index contributed by atoms with van der Waals surface area (Å²) in [5, 5.41) is 19.3. The standard InChI is InChI=1S/C13H13BrO5/c14-7-5-8-12(19-4-3-18-8)10(11(7)17)13(1-2-13)6-9(15)16/h5,17H,1-4,6H2,(H,15,16). The van der Waals surface area contributed by atoms with Gasteiger partial charge < -0.3 is 19.7 Å². The van der Waals surface area contributed by atoms with Crippen LogP contribution in [0.5, 0.6) is 17.2 Å². The topological polar surface area (TPSA) is 76.0 Å². The molecular formula is C13H13BrO5. The number of hydrogen-bond acceptors (Lipinski definition) is 4. The van der Waals surface area contributed by atoms with Gasteiger partial charge in [0.2, 0.25) is 0 Å². The predicted molar refractivity (Wildman–Crippen MR) is 70.0 cm³/mol. The summed E-state index contributed by atoms with van der Waals surface area (Å²) in [4.78, 5) is 11.0. The second-order valence-corrected chi connectivity index (χ2v) is 5.81. The van der Waals surface area contributed by atoms with E-state index in [2.05, 4.69) is 15.9 Å². The lowest BCUT2D eigenvalue weighted by Crippen LogP contribution is -2.21. The molecular weight excluding hydrogens is 316 g/mol. The molecule has 0 amide bonds. The van der Waals surface area contributed by atoms with Crippen LogP contribution in [-0.4, -0.2) is 29.4 Å². The maximum atomic E-state index is 11.0. The number of carbonyl (C=O) groups is 1. The van der Waals surface area contributed by atoms with Crippen LogP contribution in [0.2, 0.25) is 0 Å². The zero-order chi connectivity index (χ0) is 13.6. The Kier molecular flexibility index (Phi) is 2.85. The van der Waals surface area contributed by atoms with E-state index in [1.807, 2.05) is 0 Å². The molecule has 0 radical (unpaired) electrons. The van der Waals surface area contributed by atoms with Gasteiger partial charge in [0.25, 0.3) is 0 Å². The Labute approximate surface area is 118 Å². The minimum atomic E-state index is -0.873. The molecule has 1 aromatic rings. The number of halogens is 1. The van der Waals surface area contributed by atoms with Crippen molar-refractivity contribution in [2.75, 3.05) is 13.2 Å². The van der Waals surface area contributed by atoms with E-state index in [1.165, 1.54) is 0 Å². The molecule has 1 fully saturated rings. The quantitative estimate of drug-likeness (QED) is 0.891. The number of ether oxygens (including phenoxy) is 2. The average Bonchev–Trinajstić information content (AvgIpc) is 3.10. The van der Waals surface area contributed by atoms with Crippen molar-refractivity contribution in [2.45, 2.75) is 24.7 Å². The lowest BCUT2D eigenvalue weighted by atomic mass is 9.90. The maximum Gasteiger partial charge on any atom is 0.304 e. The van der Waals surface area contributed by atoms with Gasteiger partial charge in [-0.25, -0.2) is 0 Å². The molecule has 19 heavy (non-hydrogen) atoms. The SMILES string of the molecule is O=C(O)CC1(c2c(O)c(Br)cc3c2OCCO3)CC1. The van der Waals surface area contributed by atoms with Crippen LogP contribution in [0, 0.1) is 0 Å². The number of aliphatic carboxylic acids is 1. The van der Waals surface area contributed by atoms with Gasteiger partial charge >= 0.3 is 5.97 Å². The molecule has 1 aliphatic heterocycles. The molecule has 2 aliphatic rings. The van der Waals surface area contributed by atoms with E-state index in [4.69, 9.17) is 14.6 Å². The van der Waals surface area contributed by atoms with Gasteiger partial charge in [-0.15, -0.1) is 0 Å². The zero-order valence-corrected chi connectivity index (χ0v) is 11.7. The third-order valence-electron chi connectivity index (χ3n) is 3.63. The first-order chi connectivity index (χ1) is 9.03. The number of rotatable bonds is 3. The van der Waals surface area contributed by atoms with E-state index in [1.54, 1.807) is 6.07 Å². The number of phenols is 1. The van der Waals surface area contributed by atoms with Gasteiger partial charge in [-0.05, 0) is 28.8 Å². The largest absolute Gasteiger partial charge is 0.506 e. The predicted octanol–water partition coefficient (Wildman–Crippen LogP) is 2.43. The van der Waals surface area contributed by atoms with Crippen molar-refractivity contribution in [3.8, 4) is 17.2 Å². The number of carboxylic acid groups (broad SMARTS) is 1. The molecule has 1 saturated carbocycles. The summed E-state index contributed by atoms with van der Waals surface area (Å²) in [5.74, 6) is 0.235. The molecule has 0 saturated heterocycles. The van der Waals surface area contributed by atoms with E-state index in [0.29, 0.717) is 34.7 Å². The number of fused-ring (bicyclic) bond motifs is 1. The molecule has 102 valence electrons. The van der Waals surface area contributed by atoms with Crippen molar-refractivity contribution in [1.29, 1.82) is 0 Å². The van der Waals surface area contributed by atoms with Crippen LogP contribution in [-0.2, 0) is 10.2 Å². The van der Waals surface area contributed by atoms with Crippen LogP contribution in [0.4, 0.5) is 0 Å². The third kappa shape index (κ3) is 2.04. The first-order valence-electron chi connectivity index (χ1n) is 6.07. The highest BCUT2D eigenvalue weighted by molar-refractivity contribution is 9.10. The number of carboxylic acids is 1. The van der Waals surface area contributed by atoms with Crippen molar-refractivity contribution in [3.05, 3.63) is 16.1 Å². The average molecular weight is 329 g/mol.